The second-order valence-corrected chi connectivity index (χ2v) is 5.52. The fraction of sp³-hybridized carbons (Fsp3) is 0.500. The summed E-state index contributed by atoms with van der Waals surface area (Å²) >= 11 is 0. The zero-order valence-electron chi connectivity index (χ0n) is 12.6. The molecule has 0 aromatic heterocycles. The maximum Gasteiger partial charge on any atom is 0.256 e. The number of carbonyl (C=O) groups excluding carboxylic acids is 2. The van der Waals surface area contributed by atoms with Crippen molar-refractivity contribution in [3.05, 3.63) is 29.6 Å². The number of aromatic hydroxyl groups is 1. The van der Waals surface area contributed by atoms with E-state index >= 15 is 0 Å². The number of phenolic OH excluding ortho intramolecular Hbond substituents is 1. The van der Waals surface area contributed by atoms with Gasteiger partial charge in [0.2, 0.25) is 5.91 Å². The maximum atomic E-state index is 13.7. The highest BCUT2D eigenvalue weighted by Gasteiger charge is 2.28. The quantitative estimate of drug-likeness (QED) is 0.892. The van der Waals surface area contributed by atoms with Crippen molar-refractivity contribution in [3.8, 4) is 5.75 Å². The first-order chi connectivity index (χ1) is 10.5. The lowest BCUT2D eigenvalue weighted by Crippen LogP contribution is -2.43. The Morgan fingerprint density at radius 1 is 1.36 bits per heavy atom. The smallest absolute Gasteiger partial charge is 0.256 e. The van der Waals surface area contributed by atoms with Gasteiger partial charge in [-0.3, -0.25) is 9.59 Å². The lowest BCUT2D eigenvalue weighted by molar-refractivity contribution is -0.126. The van der Waals surface area contributed by atoms with Crippen LogP contribution >= 0.6 is 0 Å². The normalized spacial score (nSPS) is 15.6. The molecule has 2 amide bonds. The molecule has 2 N–H and O–H groups in total. The van der Waals surface area contributed by atoms with Gasteiger partial charge in [0, 0.05) is 31.6 Å². The fourth-order valence-corrected chi connectivity index (χ4v) is 2.59. The number of amides is 2. The Kier molecular flexibility index (Phi) is 5.35. The Labute approximate surface area is 129 Å². The van der Waals surface area contributed by atoms with Crippen LogP contribution in [0.2, 0.25) is 0 Å². The molecule has 0 spiro atoms. The minimum atomic E-state index is -0.729. The third-order valence-electron chi connectivity index (χ3n) is 3.89. The first kappa shape index (κ1) is 16.3. The van der Waals surface area contributed by atoms with Crippen molar-refractivity contribution in [1.29, 1.82) is 0 Å². The lowest BCUT2D eigenvalue weighted by Gasteiger charge is -2.31. The molecule has 0 aliphatic carbocycles. The van der Waals surface area contributed by atoms with Crippen molar-refractivity contribution in [3.63, 3.8) is 0 Å². The van der Waals surface area contributed by atoms with Gasteiger partial charge < -0.3 is 15.3 Å². The van der Waals surface area contributed by atoms with Gasteiger partial charge in [-0.05, 0) is 31.4 Å². The summed E-state index contributed by atoms with van der Waals surface area (Å²) in [5.74, 6) is -1.39. The summed E-state index contributed by atoms with van der Waals surface area (Å²) in [4.78, 5) is 25.7. The lowest BCUT2D eigenvalue weighted by atomic mass is 9.95. The molecule has 6 heteroatoms. The van der Waals surface area contributed by atoms with E-state index in [-0.39, 0.29) is 23.1 Å². The molecule has 1 aromatic rings. The van der Waals surface area contributed by atoms with Crippen LogP contribution in [-0.2, 0) is 4.79 Å². The first-order valence-corrected chi connectivity index (χ1v) is 7.58. The van der Waals surface area contributed by atoms with Gasteiger partial charge in [-0.2, -0.15) is 0 Å². The molecule has 1 aliphatic rings. The van der Waals surface area contributed by atoms with Gasteiger partial charge in [-0.15, -0.1) is 0 Å². The van der Waals surface area contributed by atoms with Gasteiger partial charge in [-0.1, -0.05) is 6.92 Å². The minimum absolute atomic E-state index is 0.0322. The summed E-state index contributed by atoms with van der Waals surface area (Å²) in [5, 5.41) is 12.0. The largest absolute Gasteiger partial charge is 0.508 e. The van der Waals surface area contributed by atoms with Crippen LogP contribution in [0.5, 0.6) is 5.75 Å². The Hall–Kier alpha value is -2.11. The van der Waals surface area contributed by atoms with Crippen molar-refractivity contribution in [2.75, 3.05) is 19.6 Å². The predicted molar refractivity (Wildman–Crippen MR) is 80.0 cm³/mol. The second kappa shape index (κ2) is 7.24. The van der Waals surface area contributed by atoms with Crippen LogP contribution in [0, 0.1) is 11.7 Å². The van der Waals surface area contributed by atoms with Crippen molar-refractivity contribution in [1.82, 2.24) is 10.2 Å². The van der Waals surface area contributed by atoms with Gasteiger partial charge in [0.05, 0.1) is 5.56 Å². The number of carbonyl (C=O) groups is 2. The topological polar surface area (TPSA) is 69.6 Å². The molecule has 1 aliphatic heterocycles. The number of benzene rings is 1. The number of rotatable bonds is 4. The van der Waals surface area contributed by atoms with Gasteiger partial charge in [-0.25, -0.2) is 4.39 Å². The summed E-state index contributed by atoms with van der Waals surface area (Å²) < 4.78 is 13.7. The molecular weight excluding hydrogens is 287 g/mol. The number of likely N-dealkylation sites (tertiary alicyclic amines) is 1. The molecule has 0 radical (unpaired) electrons. The molecule has 0 atom stereocenters. The summed E-state index contributed by atoms with van der Waals surface area (Å²) in [7, 11) is 0. The van der Waals surface area contributed by atoms with E-state index in [0.29, 0.717) is 32.5 Å². The molecular formula is C16H21FN2O3. The number of phenols is 1. The van der Waals surface area contributed by atoms with Gasteiger partial charge in [0.25, 0.3) is 5.91 Å². The zero-order chi connectivity index (χ0) is 16.1. The molecule has 0 unspecified atom stereocenters. The van der Waals surface area contributed by atoms with Crippen molar-refractivity contribution in [2.45, 2.75) is 26.2 Å². The SMILES string of the molecule is CCCNC(=O)C1CCN(C(=O)c2ccc(O)cc2F)CC1. The molecule has 1 fully saturated rings. The molecule has 1 saturated heterocycles. The molecule has 1 aromatic carbocycles. The standard InChI is InChI=1S/C16H21FN2O3/c1-2-7-18-15(21)11-5-8-19(9-6-11)16(22)13-4-3-12(20)10-14(13)17/h3-4,10-11,20H,2,5-9H2,1H3,(H,18,21). The number of nitrogens with one attached hydrogen (secondary N) is 1. The minimum Gasteiger partial charge on any atom is -0.508 e. The summed E-state index contributed by atoms with van der Waals surface area (Å²) in [6.07, 6.45) is 2.06. The number of hydrogen-bond acceptors (Lipinski definition) is 3. The fourth-order valence-electron chi connectivity index (χ4n) is 2.59. The van der Waals surface area contributed by atoms with Crippen molar-refractivity contribution in [2.24, 2.45) is 5.92 Å². The summed E-state index contributed by atoms with van der Waals surface area (Å²) in [6.45, 7) is 3.52. The Bertz CT molecular complexity index is 554. The van der Waals surface area contributed by atoms with E-state index in [1.54, 1.807) is 4.90 Å². The summed E-state index contributed by atoms with van der Waals surface area (Å²) in [6, 6.07) is 3.51. The van der Waals surface area contributed by atoms with Crippen molar-refractivity contribution < 1.29 is 19.1 Å². The van der Waals surface area contributed by atoms with E-state index in [0.717, 1.165) is 12.5 Å². The highest BCUT2D eigenvalue weighted by Crippen LogP contribution is 2.22. The van der Waals surface area contributed by atoms with Crippen LogP contribution in [-0.4, -0.2) is 41.5 Å². The van der Waals surface area contributed by atoms with Gasteiger partial charge in [0.15, 0.2) is 0 Å². The number of hydrogen-bond donors (Lipinski definition) is 2. The molecule has 2 rings (SSSR count). The predicted octanol–water partition coefficient (Wildman–Crippen LogP) is 1.91. The molecule has 1 heterocycles. The highest BCUT2D eigenvalue weighted by molar-refractivity contribution is 5.94. The van der Waals surface area contributed by atoms with Gasteiger partial charge >= 0.3 is 0 Å². The van der Waals surface area contributed by atoms with Crippen LogP contribution in [0.4, 0.5) is 4.39 Å². The van der Waals surface area contributed by atoms with Crippen LogP contribution < -0.4 is 5.32 Å². The molecule has 120 valence electrons. The third kappa shape index (κ3) is 3.75. The van der Waals surface area contributed by atoms with E-state index in [4.69, 9.17) is 0 Å². The zero-order valence-corrected chi connectivity index (χ0v) is 12.6. The monoisotopic (exact) mass is 308 g/mol. The average molecular weight is 308 g/mol. The van der Waals surface area contributed by atoms with Crippen LogP contribution in [0.1, 0.15) is 36.5 Å². The first-order valence-electron chi connectivity index (χ1n) is 7.58. The summed E-state index contributed by atoms with van der Waals surface area (Å²) in [5.41, 5.74) is -0.0494. The van der Waals surface area contributed by atoms with E-state index < -0.39 is 11.7 Å². The molecule has 0 saturated carbocycles. The Morgan fingerprint density at radius 3 is 2.64 bits per heavy atom. The number of halogens is 1. The van der Waals surface area contributed by atoms with E-state index in [2.05, 4.69) is 5.32 Å². The Morgan fingerprint density at radius 2 is 2.05 bits per heavy atom. The van der Waals surface area contributed by atoms with Crippen LogP contribution in [0.15, 0.2) is 18.2 Å². The number of piperidine rings is 1. The van der Waals surface area contributed by atoms with Crippen LogP contribution in [0.3, 0.4) is 0 Å². The maximum absolute atomic E-state index is 13.7. The Balaban J connectivity index is 1.93. The highest BCUT2D eigenvalue weighted by atomic mass is 19.1. The van der Waals surface area contributed by atoms with Crippen LogP contribution in [0.25, 0.3) is 0 Å². The number of nitrogens with zero attached hydrogens (tertiary/aromatic N) is 1. The van der Waals surface area contributed by atoms with E-state index in [9.17, 15) is 19.1 Å². The molecule has 0 bridgehead atoms. The average Bonchev–Trinajstić information content (AvgIpc) is 2.52. The second-order valence-electron chi connectivity index (χ2n) is 5.52. The molecule has 5 nitrogen and oxygen atoms in total. The van der Waals surface area contributed by atoms with E-state index in [1.165, 1.54) is 12.1 Å². The third-order valence-corrected chi connectivity index (χ3v) is 3.89. The van der Waals surface area contributed by atoms with Crippen molar-refractivity contribution >= 4 is 11.8 Å². The molecule has 22 heavy (non-hydrogen) atoms. The van der Waals surface area contributed by atoms with Gasteiger partial charge in [0.1, 0.15) is 11.6 Å². The van der Waals surface area contributed by atoms with E-state index in [1.807, 2.05) is 6.92 Å².